The smallest absolute Gasteiger partial charge is 0 e. The van der Waals surface area contributed by atoms with Crippen molar-refractivity contribution in [3.63, 3.8) is 0 Å². The van der Waals surface area contributed by atoms with Gasteiger partial charge in [-0.25, -0.2) is 0 Å². The third-order valence-electron chi connectivity index (χ3n) is 22.5. The first-order chi connectivity index (χ1) is 37.4. The molecule has 0 N–H and O–H groups in total. The highest BCUT2D eigenvalue weighted by Crippen LogP contribution is 2.99. The Bertz CT molecular complexity index is 1200. The second kappa shape index (κ2) is 17.7. The minimum absolute atomic E-state index is 0. The zero-order valence-electron chi connectivity index (χ0n) is 58.8. The van der Waals surface area contributed by atoms with Crippen LogP contribution in [0.2, 0.25) is 0 Å². The van der Waals surface area contributed by atoms with Gasteiger partial charge in [0.1, 0.15) is 0 Å². The van der Waals surface area contributed by atoms with Crippen LogP contribution in [0.5, 0.6) is 0 Å². The molecule has 18 saturated carbocycles. The molecule has 0 aromatic heterocycles. The quantitative estimate of drug-likeness (QED) is 0.168. The lowest BCUT2D eigenvalue weighted by Gasteiger charge is -2.99. The third-order valence-corrected chi connectivity index (χ3v) is 22.5. The zero-order valence-corrected chi connectivity index (χ0v) is 46.1. The SMILES string of the molecule is C1CC2C1C1C2C2C1C1C2C2C1C1C2C2C3C4C5C6C7C8CCC8C7C6C5C4C3C12.C1CCC1.C1CCC1.C1CCC1.C1CCC1.P.P.P.P.PP.PPP.[2HH].[2HH].[2HH].[2HH].[2HH].[2H][2H].[2H][2H].[2H][2H].[2H][2H].[2H][2H].[2H][2H].[2H][2H].[2H][2H].[2H][2H].[2H][2H].[2H][2H].[2H][2H]. The van der Waals surface area contributed by atoms with Crippen molar-refractivity contribution < 1.29 is 42.8 Å². The van der Waals surface area contributed by atoms with Gasteiger partial charge in [0.05, 0.1) is 0 Å². The molecule has 0 heterocycles. The van der Waals surface area contributed by atoms with Crippen LogP contribution in [0.4, 0.5) is 0 Å². The molecular weight excluding hydrogens is 831 g/mol. The van der Waals surface area contributed by atoms with Gasteiger partial charge in [0, 0.05) is 42.8 Å². The molecule has 18 fully saturated rings. The zero-order chi connectivity index (χ0) is 57.9. The van der Waals surface area contributed by atoms with Gasteiger partial charge in [0.15, 0.2) is 0 Å². The van der Waals surface area contributed by atoms with Crippen LogP contribution in [0.15, 0.2) is 0 Å². The van der Waals surface area contributed by atoms with E-state index in [1.807, 2.05) is 0 Å². The molecule has 0 bridgehead atoms. The summed E-state index contributed by atoms with van der Waals surface area (Å²) in [6.07, 6.45) is 30.6. The van der Waals surface area contributed by atoms with E-state index in [1.54, 1.807) is 25.7 Å². The molecule has 32 atom stereocenters. The monoisotopic (exact) mass is 982 g/mol. The van der Waals surface area contributed by atoms with Crippen molar-refractivity contribution >= 4 is 83.3 Å². The van der Waals surface area contributed by atoms with Crippen LogP contribution in [0.3, 0.4) is 0 Å². The fraction of sp³-hybridized carbons (Fsp3) is 1.00. The predicted molar refractivity (Wildman–Crippen MR) is 311 cm³/mol. The highest BCUT2D eigenvalue weighted by atomic mass is 32.4. The Morgan fingerprint density at radius 1 is 0.255 bits per heavy atom. The predicted octanol–water partition coefficient (Wildman–Crippen LogP) is 17.3. The highest BCUT2D eigenvalue weighted by Gasteiger charge is 2.95. The molecule has 0 amide bonds. The van der Waals surface area contributed by atoms with E-state index in [0.29, 0.717) is 0 Å². The van der Waals surface area contributed by atoms with Gasteiger partial charge in [-0.3, -0.25) is 0 Å². The largest absolute Gasteiger partial charge is 0.153 e. The van der Waals surface area contributed by atoms with Gasteiger partial charge in [-0.05, 0) is 180 Å². The van der Waals surface area contributed by atoms with Crippen LogP contribution >= 0.6 is 83.3 Å². The van der Waals surface area contributed by atoms with E-state index >= 15 is 0 Å². The molecule has 9 heteroatoms. The third kappa shape index (κ3) is 5.71. The van der Waals surface area contributed by atoms with Crippen molar-refractivity contribution in [2.24, 2.45) is 154 Å². The van der Waals surface area contributed by atoms with Crippen LogP contribution in [-0.4, -0.2) is 0 Å². The van der Waals surface area contributed by atoms with Crippen LogP contribution in [0, 0.1) is 154 Å². The van der Waals surface area contributed by atoms with Gasteiger partial charge in [0.2, 0.25) is 0 Å². The van der Waals surface area contributed by atoms with Crippen LogP contribution < -0.4 is 0 Å². The van der Waals surface area contributed by atoms with E-state index in [4.69, 9.17) is 35.6 Å². The van der Waals surface area contributed by atoms with Gasteiger partial charge in [-0.15, -0.1) is 35.7 Å². The van der Waals surface area contributed by atoms with Crippen LogP contribution in [-0.2, 0) is 0 Å². The first kappa shape index (κ1) is 32.5. The van der Waals surface area contributed by atoms with E-state index < -0.39 is 0 Å². The van der Waals surface area contributed by atoms with Crippen LogP contribution in [0.1, 0.15) is 171 Å². The summed E-state index contributed by atoms with van der Waals surface area (Å²) in [7, 11) is 10.7. The molecule has 0 nitrogen and oxygen atoms in total. The maximum atomic E-state index is 5.00. The van der Waals surface area contributed by atoms with E-state index in [-0.39, 0.29) is 46.7 Å². The molecule has 0 aliphatic heterocycles. The minimum Gasteiger partial charge on any atom is -0.153 e. The summed E-state index contributed by atoms with van der Waals surface area (Å²) in [5.74, 6) is 34.1. The molecule has 0 aromatic carbocycles. The van der Waals surface area contributed by atoms with Gasteiger partial charge >= 0.3 is 0 Å². The van der Waals surface area contributed by atoms with Crippen molar-refractivity contribution in [2.45, 2.75) is 128 Å². The maximum Gasteiger partial charge on any atom is 0 e. The number of hydrogen-bond donors (Lipinski definition) is 0. The van der Waals surface area contributed by atoms with E-state index in [2.05, 4.69) is 35.7 Å². The highest BCUT2D eigenvalue weighted by molar-refractivity contribution is 8.33. The fourth-order valence-electron chi connectivity index (χ4n) is 19.4. The molecule has 32 unspecified atom stereocenters. The summed E-state index contributed by atoms with van der Waals surface area (Å²) in [6.45, 7) is 0. The lowest BCUT2D eigenvalue weighted by molar-refractivity contribution is -0.526. The minimum atomic E-state index is 0. The van der Waals surface area contributed by atoms with Crippen LogP contribution in [0.25, 0.3) is 0 Å². The normalized spacial score (nSPS) is 62.0. The second-order valence-corrected chi connectivity index (χ2v) is 26.7. The Hall–Kier alpha value is 3.87. The van der Waals surface area contributed by atoms with E-state index in [0.717, 1.165) is 7.96 Å². The van der Waals surface area contributed by atoms with Gasteiger partial charge in [-0.1, -0.05) is 111 Å². The molecule has 350 valence electrons. The van der Waals surface area contributed by atoms with Crippen molar-refractivity contribution in [2.75, 3.05) is 0 Å². The standard InChI is InChI=1S/C30H34.4C4H8.H5P3.H4P2.4H3P.17H2/c1-2-6-5(1)9-10(6)14-13(9)17-18(14)22-21(17)25-26(22)30-28-24-20-16-12-8-4-3-7(8)11(12)15(16)19(20)23(24)27(28)29(25)30;4*1-2-4-3-1;1-3-2;1-2;;;;;;;;;;;;;;;;;;;;;/h5-30H,1-4H2;4*1-4H2;3H,1-2H2;1-2H2;4*1H3;17*1H/i;;;;;;;;;;;12*1+1D;5*1+1. The molecule has 0 spiro atoms. The summed E-state index contributed by atoms with van der Waals surface area (Å²) in [5, 5.41) is 0. The Labute approximate surface area is 407 Å². The summed E-state index contributed by atoms with van der Waals surface area (Å²) in [6, 6.07) is 0. The average molecular weight is 982 g/mol. The Kier molecular flexibility index (Phi) is 10.5. The summed E-state index contributed by atoms with van der Waals surface area (Å²) < 4.78 is 120. The molecule has 18 aliphatic carbocycles. The Morgan fingerprint density at radius 2 is 0.345 bits per heavy atom. The topological polar surface area (TPSA) is 0 Å². The van der Waals surface area contributed by atoms with Crippen molar-refractivity contribution in [1.29, 1.82) is 0 Å². The number of rotatable bonds is 0. The lowest BCUT2D eigenvalue weighted by atomic mass is 9.05. The fourth-order valence-corrected chi connectivity index (χ4v) is 19.4. The van der Waals surface area contributed by atoms with E-state index in [1.165, 1.54) is 257 Å². The molecule has 0 radical (unpaired) electrons. The van der Waals surface area contributed by atoms with Crippen molar-refractivity contribution in [3.8, 4) is 0 Å². The molecule has 18 aliphatic rings. The Morgan fingerprint density at radius 3 is 0.418 bits per heavy atom. The van der Waals surface area contributed by atoms with Crippen molar-refractivity contribution in [3.05, 3.63) is 0 Å². The summed E-state index contributed by atoms with van der Waals surface area (Å²) in [5.41, 5.74) is 0. The van der Waals surface area contributed by atoms with Gasteiger partial charge in [-0.2, -0.15) is 39.6 Å². The first-order valence-electron chi connectivity index (χ1n) is 35.9. The van der Waals surface area contributed by atoms with Crippen molar-refractivity contribution in [1.82, 2.24) is 0 Å². The van der Waals surface area contributed by atoms with Gasteiger partial charge < -0.3 is 0 Å². The Balaban J connectivity index is -0.000000109. The number of hydrogen-bond acceptors (Lipinski definition) is 0. The molecule has 0 saturated heterocycles. The van der Waals surface area contributed by atoms with Gasteiger partial charge in [0.25, 0.3) is 0 Å². The summed E-state index contributed by atoms with van der Waals surface area (Å²) >= 11 is 0. The lowest BCUT2D eigenvalue weighted by Crippen LogP contribution is -2.96. The summed E-state index contributed by atoms with van der Waals surface area (Å²) in [4.78, 5) is 0. The molecule has 0 aromatic rings. The second-order valence-electron chi connectivity index (χ2n) is 22.3. The first-order valence-corrected chi connectivity index (χ1v) is 31.2. The molecular formula is C46H121P9. The molecule has 55 heavy (non-hydrogen) atoms. The number of fused-ring (bicyclic) bond motifs is 37. The average Bonchev–Trinajstić information content (AvgIpc) is 3.39. The maximum absolute atomic E-state index is 5.00. The molecule has 18 rings (SSSR count). The van der Waals surface area contributed by atoms with E-state index in [9.17, 15) is 0 Å².